The number of pyridine rings is 1. The smallest absolute Gasteiger partial charge is 0.276 e. The van der Waals surface area contributed by atoms with Gasteiger partial charge in [-0.15, -0.1) is 0 Å². The van der Waals surface area contributed by atoms with Gasteiger partial charge in [0.05, 0.1) is 17.1 Å². The molecule has 2 aliphatic rings. The van der Waals surface area contributed by atoms with Gasteiger partial charge in [-0.2, -0.15) is 0 Å². The molecular weight excluding hydrogens is 266 g/mol. The van der Waals surface area contributed by atoms with Crippen LogP contribution >= 0.6 is 11.6 Å². The highest BCUT2D eigenvalue weighted by atomic mass is 35.5. The molecule has 1 saturated heterocycles. The van der Waals surface area contributed by atoms with Crippen LogP contribution in [0.25, 0.3) is 0 Å². The van der Waals surface area contributed by atoms with Crippen LogP contribution < -0.4 is 4.90 Å². The lowest BCUT2D eigenvalue weighted by Gasteiger charge is -2.41. The highest BCUT2D eigenvalue weighted by molar-refractivity contribution is 6.29. The summed E-state index contributed by atoms with van der Waals surface area (Å²) < 4.78 is 0. The first-order valence-corrected chi connectivity index (χ1v) is 7.06. The summed E-state index contributed by atoms with van der Waals surface area (Å²) >= 11 is 5.89. The fraction of sp³-hybridized carbons (Fsp3) is 0.615. The molecule has 2 atom stereocenters. The van der Waals surface area contributed by atoms with Crippen molar-refractivity contribution in [3.8, 4) is 0 Å². The molecule has 1 aromatic heterocycles. The van der Waals surface area contributed by atoms with Crippen molar-refractivity contribution in [1.82, 2.24) is 4.98 Å². The van der Waals surface area contributed by atoms with E-state index in [4.69, 9.17) is 11.6 Å². The third-order valence-electron chi connectivity index (χ3n) is 4.15. The molecule has 5 nitrogen and oxygen atoms in total. The molecule has 2 heterocycles. The van der Waals surface area contributed by atoms with Gasteiger partial charge in [0.2, 0.25) is 0 Å². The lowest BCUT2D eigenvalue weighted by Crippen LogP contribution is -2.43. The molecular formula is C13H16ClN3O2. The zero-order valence-electron chi connectivity index (χ0n) is 10.6. The maximum atomic E-state index is 10.9. The molecule has 1 aliphatic carbocycles. The van der Waals surface area contributed by atoms with Crippen molar-refractivity contribution in [2.75, 3.05) is 18.0 Å². The number of piperidine rings is 1. The Balaban J connectivity index is 1.87. The fourth-order valence-electron chi connectivity index (χ4n) is 3.36. The van der Waals surface area contributed by atoms with Crippen LogP contribution in [0.5, 0.6) is 0 Å². The Morgan fingerprint density at radius 2 is 2.00 bits per heavy atom. The van der Waals surface area contributed by atoms with E-state index in [2.05, 4.69) is 9.88 Å². The van der Waals surface area contributed by atoms with Crippen molar-refractivity contribution >= 4 is 23.1 Å². The molecule has 102 valence electrons. The molecule has 0 spiro atoms. The standard InChI is InChI=1S/C13H16ClN3O2/c14-12-5-11(17(18)19)6-13(15-12)16-7-9-2-1-3-10(4-9)8-16/h5-6,9-10H,1-4,7-8H2. The first kappa shape index (κ1) is 12.7. The molecule has 2 bridgehead atoms. The number of nitro groups is 1. The van der Waals surface area contributed by atoms with E-state index in [1.165, 1.54) is 37.8 Å². The number of fused-ring (bicyclic) bond motifs is 2. The van der Waals surface area contributed by atoms with Crippen LogP contribution in [0.1, 0.15) is 25.7 Å². The molecule has 0 aromatic carbocycles. The van der Waals surface area contributed by atoms with Crippen LogP contribution in [0.15, 0.2) is 12.1 Å². The van der Waals surface area contributed by atoms with Gasteiger partial charge < -0.3 is 4.90 Å². The molecule has 1 aliphatic heterocycles. The summed E-state index contributed by atoms with van der Waals surface area (Å²) in [5.74, 6) is 2.05. The van der Waals surface area contributed by atoms with Crippen LogP contribution in [0.2, 0.25) is 5.15 Å². The number of hydrogen-bond acceptors (Lipinski definition) is 4. The minimum Gasteiger partial charge on any atom is -0.356 e. The number of hydrogen-bond donors (Lipinski definition) is 0. The molecule has 0 radical (unpaired) electrons. The third kappa shape index (κ3) is 2.66. The molecule has 3 rings (SSSR count). The monoisotopic (exact) mass is 281 g/mol. The molecule has 2 unspecified atom stereocenters. The highest BCUT2D eigenvalue weighted by Crippen LogP contribution is 2.36. The Labute approximate surface area is 116 Å². The SMILES string of the molecule is O=[N+]([O-])c1cc(Cl)nc(N2CC3CCCC(C3)C2)c1. The first-order valence-electron chi connectivity index (χ1n) is 6.69. The normalized spacial score (nSPS) is 26.3. The molecule has 6 heteroatoms. The summed E-state index contributed by atoms with van der Waals surface area (Å²) in [4.78, 5) is 16.9. The number of aromatic nitrogens is 1. The van der Waals surface area contributed by atoms with Crippen molar-refractivity contribution in [2.24, 2.45) is 11.8 Å². The molecule has 1 aromatic rings. The van der Waals surface area contributed by atoms with E-state index in [0.29, 0.717) is 17.7 Å². The average Bonchev–Trinajstić information content (AvgIpc) is 2.37. The lowest BCUT2D eigenvalue weighted by molar-refractivity contribution is -0.384. The maximum Gasteiger partial charge on any atom is 0.276 e. The topological polar surface area (TPSA) is 59.3 Å². The van der Waals surface area contributed by atoms with E-state index in [0.717, 1.165) is 13.1 Å². The van der Waals surface area contributed by atoms with Crippen LogP contribution in [0.3, 0.4) is 0 Å². The van der Waals surface area contributed by atoms with Crippen LogP contribution in [-0.4, -0.2) is 23.0 Å². The Hall–Kier alpha value is -1.36. The Morgan fingerprint density at radius 3 is 2.63 bits per heavy atom. The van der Waals surface area contributed by atoms with Crippen LogP contribution in [0.4, 0.5) is 11.5 Å². The third-order valence-corrected chi connectivity index (χ3v) is 4.34. The van der Waals surface area contributed by atoms with Gasteiger partial charge in [-0.3, -0.25) is 10.1 Å². The number of nitrogens with zero attached hydrogens (tertiary/aromatic N) is 3. The van der Waals surface area contributed by atoms with E-state index in [9.17, 15) is 10.1 Å². The van der Waals surface area contributed by atoms with Crippen LogP contribution in [0, 0.1) is 22.0 Å². The summed E-state index contributed by atoms with van der Waals surface area (Å²) in [5, 5.41) is 11.1. The summed E-state index contributed by atoms with van der Waals surface area (Å²) in [6.07, 6.45) is 5.12. The molecule has 2 fully saturated rings. The second-order valence-electron chi connectivity index (χ2n) is 5.57. The van der Waals surface area contributed by atoms with E-state index >= 15 is 0 Å². The maximum absolute atomic E-state index is 10.9. The second-order valence-corrected chi connectivity index (χ2v) is 5.95. The van der Waals surface area contributed by atoms with Gasteiger partial charge in [0, 0.05) is 13.1 Å². The van der Waals surface area contributed by atoms with Gasteiger partial charge in [-0.1, -0.05) is 18.0 Å². The van der Waals surface area contributed by atoms with Gasteiger partial charge in [-0.05, 0) is 31.1 Å². The predicted molar refractivity (Wildman–Crippen MR) is 73.6 cm³/mol. The lowest BCUT2D eigenvalue weighted by atomic mass is 9.78. The van der Waals surface area contributed by atoms with Gasteiger partial charge in [-0.25, -0.2) is 4.98 Å². The van der Waals surface area contributed by atoms with Gasteiger partial charge in [0.15, 0.2) is 0 Å². The van der Waals surface area contributed by atoms with Crippen molar-refractivity contribution in [3.05, 3.63) is 27.4 Å². The van der Waals surface area contributed by atoms with Crippen molar-refractivity contribution in [3.63, 3.8) is 0 Å². The van der Waals surface area contributed by atoms with E-state index in [1.807, 2.05) is 0 Å². The van der Waals surface area contributed by atoms with E-state index in [-0.39, 0.29) is 10.8 Å². The summed E-state index contributed by atoms with van der Waals surface area (Å²) in [7, 11) is 0. The van der Waals surface area contributed by atoms with Gasteiger partial charge in [0.25, 0.3) is 5.69 Å². The zero-order chi connectivity index (χ0) is 13.4. The fourth-order valence-corrected chi connectivity index (χ4v) is 3.55. The average molecular weight is 282 g/mol. The largest absolute Gasteiger partial charge is 0.356 e. The van der Waals surface area contributed by atoms with Crippen molar-refractivity contribution in [2.45, 2.75) is 25.7 Å². The van der Waals surface area contributed by atoms with Gasteiger partial charge >= 0.3 is 0 Å². The second kappa shape index (κ2) is 4.96. The molecule has 19 heavy (non-hydrogen) atoms. The molecule has 0 N–H and O–H groups in total. The predicted octanol–water partition coefficient (Wildman–Crippen LogP) is 3.27. The molecule has 1 saturated carbocycles. The quantitative estimate of drug-likeness (QED) is 0.474. The Kier molecular flexibility index (Phi) is 3.31. The summed E-state index contributed by atoms with van der Waals surface area (Å²) in [6.45, 7) is 1.89. The summed E-state index contributed by atoms with van der Waals surface area (Å²) in [6, 6.07) is 2.84. The first-order chi connectivity index (χ1) is 9.11. The number of rotatable bonds is 2. The Morgan fingerprint density at radius 1 is 1.32 bits per heavy atom. The zero-order valence-corrected chi connectivity index (χ0v) is 11.3. The minimum atomic E-state index is -0.415. The summed E-state index contributed by atoms with van der Waals surface area (Å²) in [5.41, 5.74) is 0.0192. The van der Waals surface area contributed by atoms with Crippen molar-refractivity contribution in [1.29, 1.82) is 0 Å². The highest BCUT2D eigenvalue weighted by Gasteiger charge is 2.31. The van der Waals surface area contributed by atoms with E-state index < -0.39 is 4.92 Å². The van der Waals surface area contributed by atoms with Crippen LogP contribution in [-0.2, 0) is 0 Å². The number of halogens is 1. The minimum absolute atomic E-state index is 0.0192. The number of anilines is 1. The van der Waals surface area contributed by atoms with Crippen molar-refractivity contribution < 1.29 is 4.92 Å². The van der Waals surface area contributed by atoms with Gasteiger partial charge in [0.1, 0.15) is 11.0 Å². The molecule has 0 amide bonds. The van der Waals surface area contributed by atoms with E-state index in [1.54, 1.807) is 0 Å². The Bertz CT molecular complexity index is 497.